The van der Waals surface area contributed by atoms with Crippen LogP contribution >= 0.6 is 22.9 Å². The molecule has 6 heteroatoms. The lowest BCUT2D eigenvalue weighted by Gasteiger charge is -2.12. The van der Waals surface area contributed by atoms with Crippen LogP contribution in [-0.2, 0) is 13.1 Å². The van der Waals surface area contributed by atoms with Gasteiger partial charge in [-0.1, -0.05) is 11.6 Å². The van der Waals surface area contributed by atoms with Gasteiger partial charge in [0.05, 0.1) is 16.6 Å². The molecule has 2 aromatic rings. The van der Waals surface area contributed by atoms with Gasteiger partial charge in [0.2, 0.25) is 0 Å². The van der Waals surface area contributed by atoms with Gasteiger partial charge in [-0.2, -0.15) is 4.98 Å². The molecule has 0 bridgehead atoms. The van der Waals surface area contributed by atoms with E-state index in [4.69, 9.17) is 16.0 Å². The van der Waals surface area contributed by atoms with Gasteiger partial charge in [-0.15, -0.1) is 11.3 Å². The molecule has 0 aromatic carbocycles. The highest BCUT2D eigenvalue weighted by Crippen LogP contribution is 2.24. The first-order chi connectivity index (χ1) is 9.20. The maximum atomic E-state index is 5.92. The summed E-state index contributed by atoms with van der Waals surface area (Å²) >= 11 is 7.51. The van der Waals surface area contributed by atoms with Crippen LogP contribution in [0.1, 0.15) is 23.4 Å². The average Bonchev–Trinajstić information content (AvgIpc) is 2.94. The maximum Gasteiger partial charge on any atom is 0.297 e. The molecule has 19 heavy (non-hydrogen) atoms. The number of nitrogens with one attached hydrogen (secondary N) is 1. The first-order valence-corrected chi connectivity index (χ1v) is 7.53. The van der Waals surface area contributed by atoms with E-state index >= 15 is 0 Å². The van der Waals surface area contributed by atoms with Crippen LogP contribution in [0.5, 0.6) is 0 Å². The van der Waals surface area contributed by atoms with Gasteiger partial charge in [0.1, 0.15) is 6.26 Å². The lowest BCUT2D eigenvalue weighted by atomic mass is 10.4. The Balaban J connectivity index is 1.57. The maximum absolute atomic E-state index is 5.92. The van der Waals surface area contributed by atoms with Crippen molar-refractivity contribution in [2.24, 2.45) is 0 Å². The number of rotatable bonds is 6. The zero-order chi connectivity index (χ0) is 13.2. The highest BCUT2D eigenvalue weighted by atomic mass is 35.5. The number of nitrogens with zero attached hydrogens (tertiary/aromatic N) is 2. The molecule has 0 radical (unpaired) electrons. The van der Waals surface area contributed by atoms with Crippen LogP contribution in [0, 0.1) is 0 Å². The summed E-state index contributed by atoms with van der Waals surface area (Å²) in [5, 5.41) is 3.42. The summed E-state index contributed by atoms with van der Waals surface area (Å²) < 4.78 is 6.31. The van der Waals surface area contributed by atoms with Crippen molar-refractivity contribution in [3.05, 3.63) is 33.3 Å². The number of hydrogen-bond acceptors (Lipinski definition) is 5. The molecule has 0 aliphatic heterocycles. The first-order valence-electron chi connectivity index (χ1n) is 6.34. The molecule has 1 N–H and O–H groups in total. The number of thiophene rings is 1. The Morgan fingerprint density at radius 2 is 2.37 bits per heavy atom. The molecule has 0 saturated heterocycles. The van der Waals surface area contributed by atoms with Crippen LogP contribution in [0.25, 0.3) is 0 Å². The van der Waals surface area contributed by atoms with Crippen LogP contribution in [-0.4, -0.2) is 18.1 Å². The van der Waals surface area contributed by atoms with Crippen LogP contribution in [0.2, 0.25) is 4.34 Å². The second-order valence-corrected chi connectivity index (χ2v) is 6.64. The van der Waals surface area contributed by atoms with Gasteiger partial charge in [-0.25, -0.2) is 0 Å². The number of oxazole rings is 1. The number of halogens is 1. The molecule has 2 heterocycles. The van der Waals surface area contributed by atoms with Gasteiger partial charge in [-0.05, 0) is 25.0 Å². The van der Waals surface area contributed by atoms with Gasteiger partial charge < -0.3 is 14.6 Å². The standard InChI is InChI=1S/C13H16ClN3OS/c1-17(7-11-4-5-12(14)19-11)13-16-10(8-18-13)6-15-9-2-3-9/h4-5,8-9,15H,2-3,6-7H2,1H3. The fourth-order valence-corrected chi connectivity index (χ4v) is 2.97. The minimum absolute atomic E-state index is 0.650. The van der Waals surface area contributed by atoms with E-state index < -0.39 is 0 Å². The van der Waals surface area contributed by atoms with Crippen molar-refractivity contribution >= 4 is 29.0 Å². The van der Waals surface area contributed by atoms with Gasteiger partial charge in [0.25, 0.3) is 6.01 Å². The zero-order valence-electron chi connectivity index (χ0n) is 10.7. The first kappa shape index (κ1) is 13.0. The van der Waals surface area contributed by atoms with Crippen molar-refractivity contribution in [3.63, 3.8) is 0 Å². The SMILES string of the molecule is CN(Cc1ccc(Cl)s1)c1nc(CNC2CC2)co1. The van der Waals surface area contributed by atoms with E-state index in [1.54, 1.807) is 17.6 Å². The van der Waals surface area contributed by atoms with E-state index in [0.29, 0.717) is 12.1 Å². The Bertz CT molecular complexity index is 550. The lowest BCUT2D eigenvalue weighted by molar-refractivity contribution is 0.543. The van der Waals surface area contributed by atoms with E-state index in [1.165, 1.54) is 17.7 Å². The third-order valence-electron chi connectivity index (χ3n) is 3.04. The van der Waals surface area contributed by atoms with Gasteiger partial charge >= 0.3 is 0 Å². The van der Waals surface area contributed by atoms with Crippen molar-refractivity contribution in [2.45, 2.75) is 32.0 Å². The number of aromatic nitrogens is 1. The quantitative estimate of drug-likeness (QED) is 0.888. The van der Waals surface area contributed by atoms with E-state index in [1.807, 2.05) is 24.1 Å². The molecule has 1 saturated carbocycles. The molecular formula is C13H16ClN3OS. The molecular weight excluding hydrogens is 282 g/mol. The highest BCUT2D eigenvalue weighted by molar-refractivity contribution is 7.16. The molecule has 1 fully saturated rings. The van der Waals surface area contributed by atoms with Crippen LogP contribution < -0.4 is 10.2 Å². The highest BCUT2D eigenvalue weighted by Gasteiger charge is 2.20. The Labute approximate surface area is 121 Å². The predicted octanol–water partition coefficient (Wildman–Crippen LogP) is 3.28. The second kappa shape index (κ2) is 5.53. The second-order valence-electron chi connectivity index (χ2n) is 4.84. The summed E-state index contributed by atoms with van der Waals surface area (Å²) in [4.78, 5) is 7.67. The van der Waals surface area contributed by atoms with Crippen LogP contribution in [0.4, 0.5) is 6.01 Å². The Hall–Kier alpha value is -1.04. The van der Waals surface area contributed by atoms with Gasteiger partial charge in [-0.3, -0.25) is 0 Å². The smallest absolute Gasteiger partial charge is 0.297 e. The average molecular weight is 298 g/mol. The Morgan fingerprint density at radius 3 is 3.05 bits per heavy atom. The van der Waals surface area contributed by atoms with E-state index in [2.05, 4.69) is 10.3 Å². The van der Waals surface area contributed by atoms with Crippen molar-refractivity contribution in [1.29, 1.82) is 0 Å². The monoisotopic (exact) mass is 297 g/mol. The van der Waals surface area contributed by atoms with E-state index in [0.717, 1.165) is 23.1 Å². The molecule has 2 aromatic heterocycles. The summed E-state index contributed by atoms with van der Waals surface area (Å²) in [6.45, 7) is 1.54. The largest absolute Gasteiger partial charge is 0.432 e. The lowest BCUT2D eigenvalue weighted by Crippen LogP contribution is -2.17. The molecule has 4 nitrogen and oxygen atoms in total. The molecule has 0 amide bonds. The van der Waals surface area contributed by atoms with E-state index in [-0.39, 0.29) is 0 Å². The predicted molar refractivity (Wildman–Crippen MR) is 77.8 cm³/mol. The number of anilines is 1. The van der Waals surface area contributed by atoms with Crippen LogP contribution in [0.15, 0.2) is 22.8 Å². The summed E-state index contributed by atoms with van der Waals surface area (Å²) in [6, 6.07) is 5.28. The summed E-state index contributed by atoms with van der Waals surface area (Å²) in [5.74, 6) is 0. The third kappa shape index (κ3) is 3.49. The molecule has 102 valence electrons. The third-order valence-corrected chi connectivity index (χ3v) is 4.25. The molecule has 0 atom stereocenters. The van der Waals surface area contributed by atoms with Gasteiger partial charge in [0.15, 0.2) is 0 Å². The summed E-state index contributed by atoms with van der Waals surface area (Å²) in [7, 11) is 1.97. The molecule has 1 aliphatic carbocycles. The molecule has 3 rings (SSSR count). The van der Waals surface area contributed by atoms with Crippen molar-refractivity contribution in [2.75, 3.05) is 11.9 Å². The molecule has 1 aliphatic rings. The minimum atomic E-state index is 0.650. The zero-order valence-corrected chi connectivity index (χ0v) is 12.3. The van der Waals surface area contributed by atoms with Crippen LogP contribution in [0.3, 0.4) is 0 Å². The molecule has 0 spiro atoms. The Kier molecular flexibility index (Phi) is 3.77. The summed E-state index contributed by atoms with van der Waals surface area (Å²) in [5.41, 5.74) is 0.956. The topological polar surface area (TPSA) is 41.3 Å². The fraction of sp³-hybridized carbons (Fsp3) is 0.462. The Morgan fingerprint density at radius 1 is 1.53 bits per heavy atom. The minimum Gasteiger partial charge on any atom is -0.432 e. The van der Waals surface area contributed by atoms with E-state index in [9.17, 15) is 0 Å². The summed E-state index contributed by atoms with van der Waals surface area (Å²) in [6.07, 6.45) is 4.29. The van der Waals surface area contributed by atoms with Crippen molar-refractivity contribution in [1.82, 2.24) is 10.3 Å². The number of hydrogen-bond donors (Lipinski definition) is 1. The van der Waals surface area contributed by atoms with Crippen molar-refractivity contribution < 1.29 is 4.42 Å². The van der Waals surface area contributed by atoms with Crippen molar-refractivity contribution in [3.8, 4) is 0 Å². The molecule has 0 unspecified atom stereocenters. The van der Waals surface area contributed by atoms with Gasteiger partial charge in [0, 0.05) is 24.5 Å². The normalized spacial score (nSPS) is 14.8. The fourth-order valence-electron chi connectivity index (χ4n) is 1.83.